The van der Waals surface area contributed by atoms with Crippen molar-refractivity contribution in [3.05, 3.63) is 35.1 Å². The Morgan fingerprint density at radius 1 is 1.26 bits per heavy atom. The van der Waals surface area contributed by atoms with Gasteiger partial charge in [-0.2, -0.15) is 0 Å². The van der Waals surface area contributed by atoms with Crippen molar-refractivity contribution in [2.45, 2.75) is 27.2 Å². The summed E-state index contributed by atoms with van der Waals surface area (Å²) in [5.74, 6) is 0.663. The Morgan fingerprint density at radius 3 is 2.61 bits per heavy atom. The zero-order chi connectivity index (χ0) is 16.4. The molecule has 132 valence electrons. The van der Waals surface area contributed by atoms with Crippen LogP contribution >= 0.6 is 24.0 Å². The number of rotatable bonds is 8. The van der Waals surface area contributed by atoms with Crippen molar-refractivity contribution in [3.63, 3.8) is 0 Å². The van der Waals surface area contributed by atoms with Crippen LogP contribution in [-0.4, -0.2) is 50.6 Å². The molecule has 0 saturated carbocycles. The van der Waals surface area contributed by atoms with E-state index in [0.717, 1.165) is 56.2 Å². The molecular formula is C17H30FIN4. The van der Waals surface area contributed by atoms with E-state index in [1.807, 2.05) is 13.0 Å². The van der Waals surface area contributed by atoms with Crippen molar-refractivity contribution >= 4 is 29.9 Å². The average Bonchev–Trinajstić information content (AvgIpc) is 2.49. The molecule has 0 unspecified atom stereocenters. The van der Waals surface area contributed by atoms with E-state index in [9.17, 15) is 4.39 Å². The fourth-order valence-corrected chi connectivity index (χ4v) is 2.09. The maximum absolute atomic E-state index is 13.1. The second kappa shape index (κ2) is 12.5. The fraction of sp³-hybridized carbons (Fsp3) is 0.588. The number of guanidine groups is 1. The molecule has 1 rings (SSSR count). The number of halogens is 2. The highest BCUT2D eigenvalue weighted by Gasteiger charge is 2.02. The van der Waals surface area contributed by atoms with Crippen molar-refractivity contribution in [2.75, 3.05) is 39.8 Å². The topological polar surface area (TPSA) is 39.7 Å². The molecule has 0 spiro atoms. The summed E-state index contributed by atoms with van der Waals surface area (Å²) in [5, 5.41) is 6.57. The van der Waals surface area contributed by atoms with Crippen molar-refractivity contribution in [3.8, 4) is 0 Å². The molecule has 0 aliphatic heterocycles. The number of likely N-dealkylation sites (N-methyl/N-ethyl adjacent to an activating group) is 1. The predicted octanol–water partition coefficient (Wildman–Crippen LogP) is 2.80. The van der Waals surface area contributed by atoms with E-state index in [1.54, 1.807) is 6.07 Å². The van der Waals surface area contributed by atoms with E-state index < -0.39 is 0 Å². The molecule has 1 aromatic rings. The minimum absolute atomic E-state index is 0. The van der Waals surface area contributed by atoms with Crippen LogP contribution in [-0.2, 0) is 6.42 Å². The van der Waals surface area contributed by atoms with Crippen molar-refractivity contribution in [1.82, 2.24) is 15.5 Å². The molecule has 0 radical (unpaired) electrons. The molecule has 0 amide bonds. The lowest BCUT2D eigenvalue weighted by Crippen LogP contribution is -2.39. The van der Waals surface area contributed by atoms with Gasteiger partial charge in [-0.15, -0.1) is 24.0 Å². The third-order valence-electron chi connectivity index (χ3n) is 3.63. The Labute approximate surface area is 157 Å². The van der Waals surface area contributed by atoms with Gasteiger partial charge in [-0.1, -0.05) is 13.0 Å². The first-order valence-corrected chi connectivity index (χ1v) is 8.02. The Morgan fingerprint density at radius 2 is 2.00 bits per heavy atom. The van der Waals surface area contributed by atoms with E-state index >= 15 is 0 Å². The summed E-state index contributed by atoms with van der Waals surface area (Å²) >= 11 is 0. The molecule has 0 bridgehead atoms. The van der Waals surface area contributed by atoms with Crippen LogP contribution in [0, 0.1) is 12.7 Å². The van der Waals surface area contributed by atoms with E-state index in [-0.39, 0.29) is 29.8 Å². The Kier molecular flexibility index (Phi) is 12.0. The minimum Gasteiger partial charge on any atom is -0.357 e. The zero-order valence-corrected chi connectivity index (χ0v) is 17.0. The molecule has 1 aromatic carbocycles. The van der Waals surface area contributed by atoms with E-state index in [2.05, 4.69) is 41.4 Å². The number of hydrogen-bond donors (Lipinski definition) is 2. The maximum atomic E-state index is 13.1. The van der Waals surface area contributed by atoms with E-state index in [1.165, 1.54) is 6.07 Å². The molecule has 0 fully saturated rings. The summed E-state index contributed by atoms with van der Waals surface area (Å²) in [6, 6.07) is 4.95. The first kappa shape index (κ1) is 22.1. The fourth-order valence-electron chi connectivity index (χ4n) is 2.09. The highest BCUT2D eigenvalue weighted by Crippen LogP contribution is 2.10. The lowest BCUT2D eigenvalue weighted by Gasteiger charge is -2.14. The highest BCUT2D eigenvalue weighted by molar-refractivity contribution is 14.0. The van der Waals surface area contributed by atoms with Crippen LogP contribution < -0.4 is 10.6 Å². The molecule has 0 aromatic heterocycles. The summed E-state index contributed by atoms with van der Waals surface area (Å²) in [6.45, 7) is 10.5. The van der Waals surface area contributed by atoms with Gasteiger partial charge in [0.25, 0.3) is 0 Å². The molecular weight excluding hydrogens is 406 g/mol. The zero-order valence-electron chi connectivity index (χ0n) is 14.7. The molecule has 0 aliphatic carbocycles. The van der Waals surface area contributed by atoms with Gasteiger partial charge >= 0.3 is 0 Å². The average molecular weight is 436 g/mol. The van der Waals surface area contributed by atoms with E-state index in [0.29, 0.717) is 0 Å². The lowest BCUT2D eigenvalue weighted by atomic mass is 10.1. The molecule has 0 heterocycles. The largest absolute Gasteiger partial charge is 0.357 e. The van der Waals surface area contributed by atoms with Crippen molar-refractivity contribution in [2.24, 2.45) is 4.99 Å². The van der Waals surface area contributed by atoms with Crippen LogP contribution in [0.5, 0.6) is 0 Å². The molecule has 4 nitrogen and oxygen atoms in total. The second-order valence-electron chi connectivity index (χ2n) is 5.40. The Hall–Kier alpha value is -0.890. The maximum Gasteiger partial charge on any atom is 0.191 e. The number of nitrogens with one attached hydrogen (secondary N) is 2. The monoisotopic (exact) mass is 436 g/mol. The van der Waals surface area contributed by atoms with Gasteiger partial charge in [0.1, 0.15) is 5.82 Å². The summed E-state index contributed by atoms with van der Waals surface area (Å²) in [6.07, 6.45) is 0.853. The van der Waals surface area contributed by atoms with Crippen LogP contribution in [0.2, 0.25) is 0 Å². The number of aliphatic imine (C=N–C) groups is 1. The van der Waals surface area contributed by atoms with E-state index in [4.69, 9.17) is 0 Å². The number of hydrogen-bond acceptors (Lipinski definition) is 2. The first-order chi connectivity index (χ1) is 10.6. The van der Waals surface area contributed by atoms with Crippen molar-refractivity contribution in [1.29, 1.82) is 0 Å². The van der Waals surface area contributed by atoms with Gasteiger partial charge < -0.3 is 15.5 Å². The summed E-state index contributed by atoms with van der Waals surface area (Å²) in [5.41, 5.74) is 2.16. The Bertz CT molecular complexity index is 480. The van der Waals surface area contributed by atoms with Gasteiger partial charge in [0.15, 0.2) is 5.96 Å². The van der Waals surface area contributed by atoms with Gasteiger partial charge in [-0.3, -0.25) is 4.99 Å². The standard InChI is InChI=1S/C17H29FN4.HI/c1-5-19-17(21-11-12-22(4)6-2)20-10-9-15-7-8-16(18)13-14(15)3;/h7-8,13H,5-6,9-12H2,1-4H3,(H2,19,20,21);1H. The molecule has 6 heteroatoms. The molecule has 23 heavy (non-hydrogen) atoms. The van der Waals surface area contributed by atoms with Crippen LogP contribution in [0.15, 0.2) is 23.2 Å². The summed E-state index contributed by atoms with van der Waals surface area (Å²) in [4.78, 5) is 6.79. The third-order valence-corrected chi connectivity index (χ3v) is 3.63. The van der Waals surface area contributed by atoms with Crippen LogP contribution in [0.25, 0.3) is 0 Å². The second-order valence-corrected chi connectivity index (χ2v) is 5.40. The van der Waals surface area contributed by atoms with Gasteiger partial charge in [0, 0.05) is 19.6 Å². The highest BCUT2D eigenvalue weighted by atomic mass is 127. The first-order valence-electron chi connectivity index (χ1n) is 8.02. The lowest BCUT2D eigenvalue weighted by molar-refractivity contribution is 0.363. The SMILES string of the molecule is CCNC(=NCCN(C)CC)NCCc1ccc(F)cc1C.I. The third kappa shape index (κ3) is 9.10. The minimum atomic E-state index is -0.177. The number of aryl methyl sites for hydroxylation is 1. The van der Waals surface area contributed by atoms with Gasteiger partial charge in [0.2, 0.25) is 0 Å². The van der Waals surface area contributed by atoms with Gasteiger partial charge in [-0.05, 0) is 57.1 Å². The van der Waals surface area contributed by atoms with Gasteiger partial charge in [-0.25, -0.2) is 4.39 Å². The van der Waals surface area contributed by atoms with Gasteiger partial charge in [0.05, 0.1) is 6.54 Å². The molecule has 0 aliphatic rings. The van der Waals surface area contributed by atoms with Crippen LogP contribution in [0.4, 0.5) is 4.39 Å². The molecule has 2 N–H and O–H groups in total. The normalized spacial score (nSPS) is 11.3. The van der Waals surface area contributed by atoms with Crippen LogP contribution in [0.1, 0.15) is 25.0 Å². The number of nitrogens with zero attached hydrogens (tertiary/aromatic N) is 2. The van der Waals surface area contributed by atoms with Crippen molar-refractivity contribution < 1.29 is 4.39 Å². The Balaban J connectivity index is 0.00000484. The smallest absolute Gasteiger partial charge is 0.191 e. The number of benzene rings is 1. The summed E-state index contributed by atoms with van der Waals surface area (Å²) < 4.78 is 13.1. The molecule has 0 atom stereocenters. The quantitative estimate of drug-likeness (QED) is 0.374. The predicted molar refractivity (Wildman–Crippen MR) is 107 cm³/mol. The van der Waals surface area contributed by atoms with Crippen LogP contribution in [0.3, 0.4) is 0 Å². The summed E-state index contributed by atoms with van der Waals surface area (Å²) in [7, 11) is 2.09. The molecule has 0 saturated heterocycles.